The Morgan fingerprint density at radius 2 is 2.18 bits per heavy atom. The molecule has 2 fully saturated rings. The number of nitrogens with one attached hydrogen (secondary N) is 3. The largest absolute Gasteiger partial charge is 0.352 e. The summed E-state index contributed by atoms with van der Waals surface area (Å²) in [6.07, 6.45) is 4.79. The van der Waals surface area contributed by atoms with Gasteiger partial charge in [0.1, 0.15) is 0 Å². The Labute approximate surface area is 102 Å². The summed E-state index contributed by atoms with van der Waals surface area (Å²) in [6.45, 7) is 2.98. The van der Waals surface area contributed by atoms with E-state index in [1.165, 1.54) is 0 Å². The molecule has 2 rings (SSSR count). The zero-order valence-electron chi connectivity index (χ0n) is 10.3. The Hall–Kier alpha value is -1.10. The summed E-state index contributed by atoms with van der Waals surface area (Å²) < 4.78 is 0. The van der Waals surface area contributed by atoms with Crippen LogP contribution in [0.4, 0.5) is 0 Å². The zero-order valence-corrected chi connectivity index (χ0v) is 10.3. The van der Waals surface area contributed by atoms with Gasteiger partial charge in [0, 0.05) is 6.04 Å². The van der Waals surface area contributed by atoms with Gasteiger partial charge in [0.2, 0.25) is 11.8 Å². The summed E-state index contributed by atoms with van der Waals surface area (Å²) in [5.41, 5.74) is -0.445. The van der Waals surface area contributed by atoms with E-state index in [2.05, 4.69) is 16.0 Å². The molecule has 1 saturated heterocycles. The smallest absolute Gasteiger partial charge is 0.240 e. The van der Waals surface area contributed by atoms with E-state index < -0.39 is 5.54 Å². The van der Waals surface area contributed by atoms with Gasteiger partial charge in [-0.05, 0) is 38.6 Å². The van der Waals surface area contributed by atoms with E-state index in [0.717, 1.165) is 38.6 Å². The van der Waals surface area contributed by atoms with Crippen molar-refractivity contribution in [2.24, 2.45) is 0 Å². The summed E-state index contributed by atoms with van der Waals surface area (Å²) in [5, 5.41) is 8.84. The van der Waals surface area contributed by atoms with Gasteiger partial charge >= 0.3 is 0 Å². The summed E-state index contributed by atoms with van der Waals surface area (Å²) in [5.74, 6) is -0.117. The first kappa shape index (κ1) is 12.4. The highest BCUT2D eigenvalue weighted by Crippen LogP contribution is 2.23. The molecule has 0 aromatic carbocycles. The molecule has 1 atom stereocenters. The number of rotatable bonds is 5. The lowest BCUT2D eigenvalue weighted by Crippen LogP contribution is -2.54. The van der Waals surface area contributed by atoms with Crippen molar-refractivity contribution < 1.29 is 9.59 Å². The fourth-order valence-electron chi connectivity index (χ4n) is 2.30. The number of hydrogen-bond acceptors (Lipinski definition) is 3. The van der Waals surface area contributed by atoms with E-state index in [0.29, 0.717) is 6.04 Å². The zero-order chi connectivity index (χ0) is 12.3. The highest BCUT2D eigenvalue weighted by atomic mass is 16.2. The van der Waals surface area contributed by atoms with Crippen molar-refractivity contribution >= 4 is 11.8 Å². The average molecular weight is 239 g/mol. The molecule has 1 heterocycles. The van der Waals surface area contributed by atoms with Gasteiger partial charge < -0.3 is 16.0 Å². The quantitative estimate of drug-likeness (QED) is 0.628. The van der Waals surface area contributed by atoms with Crippen LogP contribution in [0.25, 0.3) is 0 Å². The molecule has 5 heteroatoms. The number of carbonyl (C=O) groups is 2. The molecule has 0 aromatic rings. The van der Waals surface area contributed by atoms with Crippen molar-refractivity contribution in [1.29, 1.82) is 0 Å². The Bertz CT molecular complexity index is 307. The van der Waals surface area contributed by atoms with Gasteiger partial charge in [-0.1, -0.05) is 6.92 Å². The second kappa shape index (κ2) is 5.04. The van der Waals surface area contributed by atoms with Gasteiger partial charge in [-0.15, -0.1) is 0 Å². The maximum atomic E-state index is 12.1. The Balaban J connectivity index is 1.77. The first-order valence-corrected chi connectivity index (χ1v) is 6.49. The van der Waals surface area contributed by atoms with Crippen LogP contribution in [0.5, 0.6) is 0 Å². The van der Waals surface area contributed by atoms with Crippen LogP contribution in [-0.2, 0) is 9.59 Å². The number of carbonyl (C=O) groups excluding carboxylic acids is 2. The fourth-order valence-corrected chi connectivity index (χ4v) is 2.30. The fraction of sp³-hybridized carbons (Fsp3) is 0.833. The first-order valence-electron chi connectivity index (χ1n) is 6.49. The second-order valence-electron chi connectivity index (χ2n) is 4.99. The van der Waals surface area contributed by atoms with Crippen molar-refractivity contribution in [1.82, 2.24) is 16.0 Å². The summed E-state index contributed by atoms with van der Waals surface area (Å²) in [7, 11) is 0. The molecule has 0 radical (unpaired) electrons. The van der Waals surface area contributed by atoms with Gasteiger partial charge in [0.25, 0.3) is 0 Å². The molecule has 0 aromatic heterocycles. The standard InChI is InChI=1S/C12H21N3O2/c1-2-12(6-3-7-14-12)11(17)13-8-10(16)15-9-4-5-9/h9,14H,2-8H2,1H3,(H,13,17)(H,15,16). The van der Waals surface area contributed by atoms with Crippen LogP contribution in [0.15, 0.2) is 0 Å². The molecule has 1 aliphatic heterocycles. The number of hydrogen-bond donors (Lipinski definition) is 3. The summed E-state index contributed by atoms with van der Waals surface area (Å²) in [4.78, 5) is 23.5. The van der Waals surface area contributed by atoms with E-state index in [4.69, 9.17) is 0 Å². The highest BCUT2D eigenvalue weighted by molar-refractivity contribution is 5.90. The van der Waals surface area contributed by atoms with Crippen LogP contribution in [0, 0.1) is 0 Å². The first-order chi connectivity index (χ1) is 8.16. The van der Waals surface area contributed by atoms with Gasteiger partial charge in [-0.2, -0.15) is 0 Å². The van der Waals surface area contributed by atoms with E-state index in [-0.39, 0.29) is 18.4 Å². The molecule has 3 N–H and O–H groups in total. The molecule has 0 bridgehead atoms. The van der Waals surface area contributed by atoms with Crippen LogP contribution in [0.3, 0.4) is 0 Å². The van der Waals surface area contributed by atoms with Gasteiger partial charge in [-0.3, -0.25) is 9.59 Å². The third-order valence-electron chi connectivity index (χ3n) is 3.63. The molecule has 17 heavy (non-hydrogen) atoms. The van der Waals surface area contributed by atoms with Crippen LogP contribution >= 0.6 is 0 Å². The van der Waals surface area contributed by atoms with Crippen molar-refractivity contribution in [2.75, 3.05) is 13.1 Å². The molecule has 2 amide bonds. The molecule has 1 unspecified atom stereocenters. The molecule has 1 saturated carbocycles. The molecule has 5 nitrogen and oxygen atoms in total. The lowest BCUT2D eigenvalue weighted by Gasteiger charge is -2.26. The van der Waals surface area contributed by atoms with E-state index in [1.807, 2.05) is 6.92 Å². The normalized spacial score (nSPS) is 27.8. The van der Waals surface area contributed by atoms with E-state index in [9.17, 15) is 9.59 Å². The van der Waals surface area contributed by atoms with Crippen molar-refractivity contribution in [3.05, 3.63) is 0 Å². The lowest BCUT2D eigenvalue weighted by atomic mass is 9.93. The van der Waals surface area contributed by atoms with Crippen molar-refractivity contribution in [3.8, 4) is 0 Å². The Morgan fingerprint density at radius 1 is 1.41 bits per heavy atom. The van der Waals surface area contributed by atoms with Crippen LogP contribution < -0.4 is 16.0 Å². The van der Waals surface area contributed by atoms with Crippen molar-refractivity contribution in [2.45, 2.75) is 50.6 Å². The highest BCUT2D eigenvalue weighted by Gasteiger charge is 2.39. The van der Waals surface area contributed by atoms with Crippen LogP contribution in [-0.4, -0.2) is 36.5 Å². The Morgan fingerprint density at radius 3 is 2.71 bits per heavy atom. The summed E-state index contributed by atoms with van der Waals surface area (Å²) >= 11 is 0. The van der Waals surface area contributed by atoms with Gasteiger partial charge in [0.05, 0.1) is 12.1 Å². The molecule has 1 aliphatic carbocycles. The summed E-state index contributed by atoms with van der Waals surface area (Å²) in [6, 6.07) is 0.351. The Kier molecular flexibility index (Phi) is 3.66. The maximum Gasteiger partial charge on any atom is 0.240 e. The molecular formula is C12H21N3O2. The molecule has 96 valence electrons. The monoisotopic (exact) mass is 239 g/mol. The molecular weight excluding hydrogens is 218 g/mol. The minimum atomic E-state index is -0.445. The number of amides is 2. The predicted octanol–water partition coefficient (Wildman–Crippen LogP) is -0.0866. The minimum Gasteiger partial charge on any atom is -0.352 e. The van der Waals surface area contributed by atoms with Gasteiger partial charge in [0.15, 0.2) is 0 Å². The SMILES string of the molecule is CCC1(C(=O)NCC(=O)NC2CC2)CCCN1. The van der Waals surface area contributed by atoms with Crippen LogP contribution in [0.2, 0.25) is 0 Å². The third-order valence-corrected chi connectivity index (χ3v) is 3.63. The topological polar surface area (TPSA) is 70.2 Å². The molecule has 2 aliphatic rings. The van der Waals surface area contributed by atoms with Gasteiger partial charge in [-0.25, -0.2) is 0 Å². The lowest BCUT2D eigenvalue weighted by molar-refractivity contribution is -0.130. The van der Waals surface area contributed by atoms with E-state index in [1.54, 1.807) is 0 Å². The maximum absolute atomic E-state index is 12.1. The predicted molar refractivity (Wildman–Crippen MR) is 64.4 cm³/mol. The average Bonchev–Trinajstić information content (AvgIpc) is 2.99. The third kappa shape index (κ3) is 2.97. The second-order valence-corrected chi connectivity index (χ2v) is 4.99. The van der Waals surface area contributed by atoms with Crippen molar-refractivity contribution in [3.63, 3.8) is 0 Å². The minimum absolute atomic E-state index is 0.0385. The molecule has 0 spiro atoms. The van der Waals surface area contributed by atoms with E-state index >= 15 is 0 Å². The van der Waals surface area contributed by atoms with Crippen LogP contribution in [0.1, 0.15) is 39.0 Å².